The number of hydrogen-bond acceptors (Lipinski definition) is 4. The summed E-state index contributed by atoms with van der Waals surface area (Å²) < 4.78 is 0. The summed E-state index contributed by atoms with van der Waals surface area (Å²) in [6.45, 7) is 13.4. The maximum absolute atomic E-state index is 3.48. The van der Waals surface area contributed by atoms with E-state index < -0.39 is 0 Å². The van der Waals surface area contributed by atoms with E-state index in [4.69, 9.17) is 0 Å². The third kappa shape index (κ3) is 19.8. The fourth-order valence-electron chi connectivity index (χ4n) is 2.19. The van der Waals surface area contributed by atoms with Crippen molar-refractivity contribution in [3.05, 3.63) is 0 Å². The van der Waals surface area contributed by atoms with Crippen LogP contribution in [0.15, 0.2) is 0 Å². The Morgan fingerprint density at radius 1 is 0.381 bits per heavy atom. The number of unbranched alkanes of at least 4 members (excludes halogenated alkanes) is 4. The number of rotatable bonds is 18. The van der Waals surface area contributed by atoms with Gasteiger partial charge in [-0.1, -0.05) is 39.5 Å². The monoisotopic (exact) mass is 300 g/mol. The van der Waals surface area contributed by atoms with Gasteiger partial charge in [-0.15, -0.1) is 0 Å². The molecule has 0 radical (unpaired) electrons. The van der Waals surface area contributed by atoms with Crippen LogP contribution in [0.4, 0.5) is 0 Å². The second kappa shape index (κ2) is 19.8. The Labute approximate surface area is 133 Å². The molecule has 0 saturated heterocycles. The third-order valence-electron chi connectivity index (χ3n) is 3.58. The first-order chi connectivity index (χ1) is 10.4. The SMILES string of the molecule is CCCCCNCCNCCCNCCNCCCCC. The van der Waals surface area contributed by atoms with Gasteiger partial charge in [0.25, 0.3) is 0 Å². The van der Waals surface area contributed by atoms with E-state index in [0.29, 0.717) is 0 Å². The molecule has 0 rings (SSSR count). The molecule has 0 spiro atoms. The van der Waals surface area contributed by atoms with Crippen LogP contribution < -0.4 is 21.3 Å². The van der Waals surface area contributed by atoms with E-state index >= 15 is 0 Å². The standard InChI is InChI=1S/C17H40N4/c1-3-5-7-10-18-14-16-20-12-9-13-21-17-15-19-11-8-6-4-2/h18-21H,3-17H2,1-2H3. The minimum absolute atomic E-state index is 1.09. The van der Waals surface area contributed by atoms with Crippen LogP contribution in [0.5, 0.6) is 0 Å². The smallest absolute Gasteiger partial charge is 0.00767 e. The van der Waals surface area contributed by atoms with Crippen LogP contribution >= 0.6 is 0 Å². The van der Waals surface area contributed by atoms with E-state index in [2.05, 4.69) is 35.1 Å². The van der Waals surface area contributed by atoms with Gasteiger partial charge in [-0.3, -0.25) is 0 Å². The fourth-order valence-corrected chi connectivity index (χ4v) is 2.19. The first kappa shape index (κ1) is 20.8. The van der Waals surface area contributed by atoms with Gasteiger partial charge < -0.3 is 21.3 Å². The first-order valence-corrected chi connectivity index (χ1v) is 9.24. The predicted octanol–water partition coefficient (Wildman–Crippen LogP) is 2.12. The summed E-state index contributed by atoms with van der Waals surface area (Å²) >= 11 is 0. The molecule has 0 saturated carbocycles. The highest BCUT2D eigenvalue weighted by molar-refractivity contribution is 4.56. The molecule has 0 bridgehead atoms. The molecule has 0 atom stereocenters. The lowest BCUT2D eigenvalue weighted by atomic mass is 10.2. The van der Waals surface area contributed by atoms with Crippen molar-refractivity contribution in [3.8, 4) is 0 Å². The van der Waals surface area contributed by atoms with Gasteiger partial charge in [0, 0.05) is 26.2 Å². The lowest BCUT2D eigenvalue weighted by molar-refractivity contribution is 0.547. The highest BCUT2D eigenvalue weighted by atomic mass is 15.0. The predicted molar refractivity (Wildman–Crippen MR) is 95.1 cm³/mol. The molecule has 0 aromatic heterocycles. The van der Waals surface area contributed by atoms with Crippen molar-refractivity contribution in [2.75, 3.05) is 52.4 Å². The van der Waals surface area contributed by atoms with Crippen LogP contribution in [0.1, 0.15) is 58.8 Å². The highest BCUT2D eigenvalue weighted by Crippen LogP contribution is 1.90. The van der Waals surface area contributed by atoms with Crippen molar-refractivity contribution in [3.63, 3.8) is 0 Å². The van der Waals surface area contributed by atoms with E-state index in [9.17, 15) is 0 Å². The lowest BCUT2D eigenvalue weighted by Gasteiger charge is -2.08. The molecule has 0 heterocycles. The van der Waals surface area contributed by atoms with Crippen LogP contribution in [0.2, 0.25) is 0 Å². The summed E-state index contributed by atoms with van der Waals surface area (Å²) in [5.41, 5.74) is 0. The Morgan fingerprint density at radius 2 is 0.714 bits per heavy atom. The Kier molecular flexibility index (Phi) is 19.7. The molecular formula is C17H40N4. The molecule has 21 heavy (non-hydrogen) atoms. The molecule has 0 aliphatic heterocycles. The van der Waals surface area contributed by atoms with Gasteiger partial charge in [-0.2, -0.15) is 0 Å². The third-order valence-corrected chi connectivity index (χ3v) is 3.58. The minimum Gasteiger partial charge on any atom is -0.315 e. The topological polar surface area (TPSA) is 48.1 Å². The maximum Gasteiger partial charge on any atom is 0.00767 e. The molecule has 0 aliphatic rings. The first-order valence-electron chi connectivity index (χ1n) is 9.24. The van der Waals surface area contributed by atoms with Crippen molar-refractivity contribution in [2.45, 2.75) is 58.8 Å². The normalized spacial score (nSPS) is 11.1. The van der Waals surface area contributed by atoms with E-state index in [1.54, 1.807) is 0 Å². The molecule has 0 aliphatic carbocycles. The molecule has 0 aromatic rings. The molecule has 4 nitrogen and oxygen atoms in total. The van der Waals surface area contributed by atoms with Gasteiger partial charge in [-0.05, 0) is 45.4 Å². The Balaban J connectivity index is 2.90. The van der Waals surface area contributed by atoms with E-state index in [1.807, 2.05) is 0 Å². The molecule has 0 aromatic carbocycles. The quantitative estimate of drug-likeness (QED) is 0.293. The maximum atomic E-state index is 3.48. The van der Waals surface area contributed by atoms with Crippen LogP contribution in [0.3, 0.4) is 0 Å². The second-order valence-electron chi connectivity index (χ2n) is 5.77. The summed E-state index contributed by atoms with van der Waals surface area (Å²) in [5.74, 6) is 0. The van der Waals surface area contributed by atoms with Gasteiger partial charge >= 0.3 is 0 Å². The van der Waals surface area contributed by atoms with Crippen LogP contribution in [-0.2, 0) is 0 Å². The highest BCUT2D eigenvalue weighted by Gasteiger charge is 1.91. The molecule has 0 fully saturated rings. The van der Waals surface area contributed by atoms with Gasteiger partial charge in [0.1, 0.15) is 0 Å². The lowest BCUT2D eigenvalue weighted by Crippen LogP contribution is -2.31. The van der Waals surface area contributed by atoms with Gasteiger partial charge in [0.2, 0.25) is 0 Å². The average Bonchev–Trinajstić information content (AvgIpc) is 2.50. The summed E-state index contributed by atoms with van der Waals surface area (Å²) in [7, 11) is 0. The molecule has 0 unspecified atom stereocenters. The van der Waals surface area contributed by atoms with Crippen molar-refractivity contribution < 1.29 is 0 Å². The zero-order chi connectivity index (χ0) is 15.4. The molecule has 128 valence electrons. The van der Waals surface area contributed by atoms with Gasteiger partial charge in [0.15, 0.2) is 0 Å². The molecule has 4 heteroatoms. The zero-order valence-corrected chi connectivity index (χ0v) is 14.6. The van der Waals surface area contributed by atoms with Crippen molar-refractivity contribution in [1.29, 1.82) is 0 Å². The summed E-state index contributed by atoms with van der Waals surface area (Å²) in [6, 6.07) is 0. The number of hydrogen-bond donors (Lipinski definition) is 4. The second-order valence-corrected chi connectivity index (χ2v) is 5.77. The van der Waals surface area contributed by atoms with E-state index in [0.717, 1.165) is 39.3 Å². The fraction of sp³-hybridized carbons (Fsp3) is 1.00. The van der Waals surface area contributed by atoms with Crippen LogP contribution in [0.25, 0.3) is 0 Å². The zero-order valence-electron chi connectivity index (χ0n) is 14.6. The Morgan fingerprint density at radius 3 is 1.05 bits per heavy atom. The molecule has 4 N–H and O–H groups in total. The van der Waals surface area contributed by atoms with E-state index in [-0.39, 0.29) is 0 Å². The molecule has 0 amide bonds. The van der Waals surface area contributed by atoms with Gasteiger partial charge in [-0.25, -0.2) is 0 Å². The largest absolute Gasteiger partial charge is 0.315 e. The summed E-state index contributed by atoms with van der Waals surface area (Å²) in [6.07, 6.45) is 9.15. The average molecular weight is 301 g/mol. The minimum atomic E-state index is 1.09. The van der Waals surface area contributed by atoms with Crippen LogP contribution in [-0.4, -0.2) is 52.4 Å². The Bertz CT molecular complexity index is 158. The summed E-state index contributed by atoms with van der Waals surface area (Å²) in [4.78, 5) is 0. The van der Waals surface area contributed by atoms with Crippen LogP contribution in [0, 0.1) is 0 Å². The van der Waals surface area contributed by atoms with Crippen molar-refractivity contribution in [1.82, 2.24) is 21.3 Å². The van der Waals surface area contributed by atoms with E-state index in [1.165, 1.54) is 58.0 Å². The number of nitrogens with one attached hydrogen (secondary N) is 4. The van der Waals surface area contributed by atoms with Crippen molar-refractivity contribution in [2.24, 2.45) is 0 Å². The van der Waals surface area contributed by atoms with Gasteiger partial charge in [0.05, 0.1) is 0 Å². The summed E-state index contributed by atoms with van der Waals surface area (Å²) in [5, 5.41) is 13.9. The molecular weight excluding hydrogens is 260 g/mol. The van der Waals surface area contributed by atoms with Crippen molar-refractivity contribution >= 4 is 0 Å². The Hall–Kier alpha value is -0.160.